The van der Waals surface area contributed by atoms with Crippen LogP contribution in [0.5, 0.6) is 0 Å². The van der Waals surface area contributed by atoms with E-state index in [2.05, 4.69) is 34.5 Å². The molecule has 2 aromatic heterocycles. The smallest absolute Gasteiger partial charge is 0.113 e. The Kier molecular flexibility index (Phi) is 2.50. The Bertz CT molecular complexity index is 431. The lowest BCUT2D eigenvalue weighted by atomic mass is 10.3. The molecule has 0 radical (unpaired) electrons. The van der Waals surface area contributed by atoms with E-state index >= 15 is 0 Å². The Morgan fingerprint density at radius 1 is 1.43 bits per heavy atom. The highest BCUT2D eigenvalue weighted by Gasteiger charge is 2.03. The SMILES string of the molecule is Cc1cccc2cnc(CCCN)n12. The minimum atomic E-state index is 0.723. The maximum Gasteiger partial charge on any atom is 0.113 e. The van der Waals surface area contributed by atoms with Gasteiger partial charge in [0.1, 0.15) is 5.82 Å². The van der Waals surface area contributed by atoms with Crippen LogP contribution in [0.3, 0.4) is 0 Å². The van der Waals surface area contributed by atoms with Crippen molar-refractivity contribution in [3.63, 3.8) is 0 Å². The van der Waals surface area contributed by atoms with Gasteiger partial charge >= 0.3 is 0 Å². The van der Waals surface area contributed by atoms with Gasteiger partial charge in [-0.2, -0.15) is 0 Å². The Balaban J connectivity index is 2.45. The molecule has 3 heteroatoms. The lowest BCUT2D eigenvalue weighted by Gasteiger charge is -2.03. The van der Waals surface area contributed by atoms with Crippen molar-refractivity contribution >= 4 is 5.52 Å². The molecule has 0 spiro atoms. The second-order valence-corrected chi connectivity index (χ2v) is 3.49. The van der Waals surface area contributed by atoms with Crippen molar-refractivity contribution in [1.82, 2.24) is 9.38 Å². The van der Waals surface area contributed by atoms with Gasteiger partial charge in [-0.05, 0) is 32.0 Å². The summed E-state index contributed by atoms with van der Waals surface area (Å²) in [4.78, 5) is 4.40. The first kappa shape index (κ1) is 9.21. The Morgan fingerprint density at radius 2 is 2.29 bits per heavy atom. The summed E-state index contributed by atoms with van der Waals surface area (Å²) in [6, 6.07) is 6.23. The fourth-order valence-electron chi connectivity index (χ4n) is 1.73. The van der Waals surface area contributed by atoms with Gasteiger partial charge in [-0.15, -0.1) is 0 Å². The molecule has 0 saturated carbocycles. The minimum absolute atomic E-state index is 0.723. The van der Waals surface area contributed by atoms with Crippen LogP contribution in [-0.4, -0.2) is 15.9 Å². The number of hydrogen-bond acceptors (Lipinski definition) is 2. The van der Waals surface area contributed by atoms with Gasteiger partial charge < -0.3 is 10.1 Å². The number of hydrogen-bond donors (Lipinski definition) is 1. The van der Waals surface area contributed by atoms with Crippen molar-refractivity contribution in [2.75, 3.05) is 6.54 Å². The summed E-state index contributed by atoms with van der Waals surface area (Å²) in [5.41, 5.74) is 7.88. The third-order valence-corrected chi connectivity index (χ3v) is 2.42. The fourth-order valence-corrected chi connectivity index (χ4v) is 1.73. The number of nitrogens with zero attached hydrogens (tertiary/aromatic N) is 2. The first-order chi connectivity index (χ1) is 6.83. The molecule has 0 fully saturated rings. The van der Waals surface area contributed by atoms with Crippen LogP contribution in [0, 0.1) is 6.92 Å². The highest BCUT2D eigenvalue weighted by atomic mass is 15.0. The van der Waals surface area contributed by atoms with Gasteiger partial charge in [-0.1, -0.05) is 6.07 Å². The van der Waals surface area contributed by atoms with Crippen molar-refractivity contribution in [1.29, 1.82) is 0 Å². The predicted molar refractivity (Wildman–Crippen MR) is 57.3 cm³/mol. The van der Waals surface area contributed by atoms with Crippen molar-refractivity contribution in [2.45, 2.75) is 19.8 Å². The van der Waals surface area contributed by atoms with E-state index in [9.17, 15) is 0 Å². The van der Waals surface area contributed by atoms with Crippen LogP contribution in [0.2, 0.25) is 0 Å². The third kappa shape index (κ3) is 1.51. The van der Waals surface area contributed by atoms with Gasteiger partial charge in [-0.25, -0.2) is 4.98 Å². The molecule has 0 aromatic carbocycles. The average Bonchev–Trinajstić information content (AvgIpc) is 2.59. The molecule has 2 heterocycles. The number of pyridine rings is 1. The average molecular weight is 189 g/mol. The zero-order valence-electron chi connectivity index (χ0n) is 8.40. The molecule has 2 N–H and O–H groups in total. The number of nitrogens with two attached hydrogens (primary N) is 1. The van der Waals surface area contributed by atoms with Crippen molar-refractivity contribution in [3.8, 4) is 0 Å². The van der Waals surface area contributed by atoms with Gasteiger partial charge in [0.05, 0.1) is 11.7 Å². The number of imidazole rings is 1. The zero-order valence-corrected chi connectivity index (χ0v) is 8.40. The topological polar surface area (TPSA) is 43.3 Å². The molecule has 0 bridgehead atoms. The van der Waals surface area contributed by atoms with Crippen LogP contribution in [0.1, 0.15) is 17.9 Å². The lowest BCUT2D eigenvalue weighted by Crippen LogP contribution is -2.04. The van der Waals surface area contributed by atoms with E-state index in [0.29, 0.717) is 0 Å². The Labute approximate surface area is 83.6 Å². The van der Waals surface area contributed by atoms with Gasteiger partial charge in [-0.3, -0.25) is 0 Å². The van der Waals surface area contributed by atoms with E-state index in [1.165, 1.54) is 5.69 Å². The van der Waals surface area contributed by atoms with Gasteiger partial charge in [0.2, 0.25) is 0 Å². The summed E-state index contributed by atoms with van der Waals surface area (Å²) in [5, 5.41) is 0. The molecule has 3 nitrogen and oxygen atoms in total. The summed E-state index contributed by atoms with van der Waals surface area (Å²) >= 11 is 0. The van der Waals surface area contributed by atoms with Crippen LogP contribution in [0.25, 0.3) is 5.52 Å². The van der Waals surface area contributed by atoms with Gasteiger partial charge in [0.25, 0.3) is 0 Å². The summed E-state index contributed by atoms with van der Waals surface area (Å²) in [6.07, 6.45) is 3.86. The molecule has 14 heavy (non-hydrogen) atoms. The van der Waals surface area contributed by atoms with Crippen molar-refractivity contribution in [2.24, 2.45) is 5.73 Å². The molecule has 0 amide bonds. The summed E-state index contributed by atoms with van der Waals surface area (Å²) in [6.45, 7) is 2.82. The maximum absolute atomic E-state index is 5.49. The standard InChI is InChI=1S/C11H15N3/c1-9-4-2-5-10-8-13-11(14(9)10)6-3-7-12/h2,4-5,8H,3,6-7,12H2,1H3. The molecule has 0 atom stereocenters. The van der Waals surface area contributed by atoms with E-state index in [1.54, 1.807) is 0 Å². The molecule has 74 valence electrons. The minimum Gasteiger partial charge on any atom is -0.330 e. The Morgan fingerprint density at radius 3 is 3.07 bits per heavy atom. The quantitative estimate of drug-likeness (QED) is 0.795. The van der Waals surface area contributed by atoms with Crippen LogP contribution < -0.4 is 5.73 Å². The predicted octanol–water partition coefficient (Wildman–Crippen LogP) is 1.53. The van der Waals surface area contributed by atoms with Crippen LogP contribution in [0.4, 0.5) is 0 Å². The van der Waals surface area contributed by atoms with E-state index in [1.807, 2.05) is 6.20 Å². The maximum atomic E-state index is 5.49. The first-order valence-corrected chi connectivity index (χ1v) is 4.95. The van der Waals surface area contributed by atoms with Crippen LogP contribution in [-0.2, 0) is 6.42 Å². The third-order valence-electron chi connectivity index (χ3n) is 2.42. The largest absolute Gasteiger partial charge is 0.330 e. The Hall–Kier alpha value is -1.35. The highest BCUT2D eigenvalue weighted by Crippen LogP contribution is 2.11. The first-order valence-electron chi connectivity index (χ1n) is 4.95. The molecule has 0 aliphatic heterocycles. The summed E-state index contributed by atoms with van der Waals surface area (Å²) in [7, 11) is 0. The summed E-state index contributed by atoms with van der Waals surface area (Å²) < 4.78 is 2.19. The second-order valence-electron chi connectivity index (χ2n) is 3.49. The van der Waals surface area contributed by atoms with Gasteiger partial charge in [0, 0.05) is 12.1 Å². The molecule has 2 rings (SSSR count). The molecule has 0 unspecified atom stereocenters. The van der Waals surface area contributed by atoms with Crippen LogP contribution in [0.15, 0.2) is 24.4 Å². The van der Waals surface area contributed by atoms with E-state index in [-0.39, 0.29) is 0 Å². The number of rotatable bonds is 3. The normalized spacial score (nSPS) is 11.0. The molecule has 0 aliphatic carbocycles. The zero-order chi connectivity index (χ0) is 9.97. The number of aryl methyl sites for hydroxylation is 2. The molecule has 2 aromatic rings. The molecular formula is C11H15N3. The van der Waals surface area contributed by atoms with Crippen molar-refractivity contribution < 1.29 is 0 Å². The van der Waals surface area contributed by atoms with Crippen molar-refractivity contribution in [3.05, 3.63) is 35.9 Å². The van der Waals surface area contributed by atoms with Gasteiger partial charge in [0.15, 0.2) is 0 Å². The van der Waals surface area contributed by atoms with Crippen LogP contribution >= 0.6 is 0 Å². The summed E-state index contributed by atoms with van der Waals surface area (Å²) in [5.74, 6) is 1.11. The van der Waals surface area contributed by atoms with E-state index in [4.69, 9.17) is 5.73 Å². The molecular weight excluding hydrogens is 174 g/mol. The molecule has 0 aliphatic rings. The second kappa shape index (κ2) is 3.80. The number of aromatic nitrogens is 2. The van der Waals surface area contributed by atoms with E-state index < -0.39 is 0 Å². The monoisotopic (exact) mass is 189 g/mol. The number of fused-ring (bicyclic) bond motifs is 1. The molecule has 0 saturated heterocycles. The lowest BCUT2D eigenvalue weighted by molar-refractivity contribution is 0.772. The van der Waals surface area contributed by atoms with E-state index in [0.717, 1.165) is 30.7 Å². The highest BCUT2D eigenvalue weighted by molar-refractivity contribution is 5.47. The fraction of sp³-hybridized carbons (Fsp3) is 0.364.